The van der Waals surface area contributed by atoms with Gasteiger partial charge in [0, 0.05) is 13.0 Å². The number of hydrogen-bond acceptors (Lipinski definition) is 6. The van der Waals surface area contributed by atoms with Crippen LogP contribution in [0.25, 0.3) is 0 Å². The van der Waals surface area contributed by atoms with Gasteiger partial charge < -0.3 is 20.7 Å². The zero-order valence-corrected chi connectivity index (χ0v) is 14.5. The van der Waals surface area contributed by atoms with Gasteiger partial charge in [0.25, 0.3) is 16.8 Å². The molecule has 4 rings (SSSR count). The maximum Gasteiger partial charge on any atom is 0.254 e. The molecular formula is C19H19N3O4. The van der Waals surface area contributed by atoms with E-state index in [1.807, 2.05) is 26.0 Å². The van der Waals surface area contributed by atoms with E-state index in [-0.39, 0.29) is 29.4 Å². The quantitative estimate of drug-likeness (QED) is 0.709. The van der Waals surface area contributed by atoms with Crippen LogP contribution >= 0.6 is 0 Å². The van der Waals surface area contributed by atoms with Gasteiger partial charge in [-0.15, -0.1) is 0 Å². The first-order valence-corrected chi connectivity index (χ1v) is 8.59. The first-order valence-electron chi connectivity index (χ1n) is 8.59. The van der Waals surface area contributed by atoms with Crippen molar-refractivity contribution in [2.45, 2.75) is 39.0 Å². The van der Waals surface area contributed by atoms with Crippen LogP contribution in [-0.2, 0) is 11.3 Å². The van der Waals surface area contributed by atoms with Crippen molar-refractivity contribution in [3.63, 3.8) is 0 Å². The fourth-order valence-corrected chi connectivity index (χ4v) is 3.34. The highest BCUT2D eigenvalue weighted by atomic mass is 16.5. The van der Waals surface area contributed by atoms with Gasteiger partial charge in [-0.2, -0.15) is 0 Å². The molecule has 3 N–H and O–H groups in total. The molecule has 0 fully saturated rings. The summed E-state index contributed by atoms with van der Waals surface area (Å²) in [4.78, 5) is 36.1. The monoisotopic (exact) mass is 353 g/mol. The predicted molar refractivity (Wildman–Crippen MR) is 98.6 cm³/mol. The summed E-state index contributed by atoms with van der Waals surface area (Å²) in [5, 5.41) is 8.78. The van der Waals surface area contributed by atoms with Crippen LogP contribution in [0.1, 0.15) is 36.2 Å². The average Bonchev–Trinajstić information content (AvgIpc) is 3.24. The Labute approximate surface area is 149 Å². The van der Waals surface area contributed by atoms with Crippen LogP contribution in [0, 0.1) is 0 Å². The highest BCUT2D eigenvalue weighted by Crippen LogP contribution is 2.29. The molecule has 0 aliphatic carbocycles. The van der Waals surface area contributed by atoms with E-state index >= 15 is 0 Å². The van der Waals surface area contributed by atoms with Gasteiger partial charge >= 0.3 is 0 Å². The van der Waals surface area contributed by atoms with Gasteiger partial charge in [-0.05, 0) is 31.6 Å². The Morgan fingerprint density at radius 3 is 2.69 bits per heavy atom. The Balaban J connectivity index is 1.59. The van der Waals surface area contributed by atoms with Crippen LogP contribution in [0.2, 0.25) is 0 Å². The van der Waals surface area contributed by atoms with Gasteiger partial charge in [0.2, 0.25) is 0 Å². The maximum absolute atomic E-state index is 12.1. The average molecular weight is 353 g/mol. The van der Waals surface area contributed by atoms with Crippen molar-refractivity contribution in [2.24, 2.45) is 0 Å². The van der Waals surface area contributed by atoms with Crippen LogP contribution < -0.4 is 26.8 Å². The van der Waals surface area contributed by atoms with E-state index < -0.39 is 10.9 Å². The van der Waals surface area contributed by atoms with E-state index in [2.05, 4.69) is 16.0 Å². The minimum atomic E-state index is -0.592. The summed E-state index contributed by atoms with van der Waals surface area (Å²) in [5.41, 5.74) is 1.14. The number of rotatable bonds is 5. The number of amides is 1. The molecule has 1 unspecified atom stereocenters. The minimum Gasteiger partial charge on any atom is -0.493 e. The second-order valence-electron chi connectivity index (χ2n) is 6.69. The second-order valence-corrected chi connectivity index (χ2v) is 6.69. The van der Waals surface area contributed by atoms with E-state index in [0.29, 0.717) is 17.8 Å². The molecule has 2 atom stereocenters. The summed E-state index contributed by atoms with van der Waals surface area (Å²) in [5.74, 6) is 0.569. The number of anilines is 3. The van der Waals surface area contributed by atoms with Crippen LogP contribution in [-0.4, -0.2) is 18.1 Å². The number of fused-ring (bicyclic) bond motifs is 1. The normalized spacial score (nSPS) is 19.5. The minimum absolute atomic E-state index is 0.116. The number of nitrogens with one attached hydrogen (secondary N) is 3. The Morgan fingerprint density at radius 2 is 1.96 bits per heavy atom. The third-order valence-corrected chi connectivity index (χ3v) is 4.76. The number of carbonyl (C=O) groups excluding carboxylic acids is 1. The summed E-state index contributed by atoms with van der Waals surface area (Å²) >= 11 is 0. The first-order chi connectivity index (χ1) is 12.5. The molecule has 134 valence electrons. The molecule has 2 aromatic rings. The van der Waals surface area contributed by atoms with Gasteiger partial charge in [-0.3, -0.25) is 14.4 Å². The molecule has 0 radical (unpaired) electrons. The summed E-state index contributed by atoms with van der Waals surface area (Å²) in [6.07, 6.45) is 2.92. The zero-order valence-electron chi connectivity index (χ0n) is 14.5. The summed E-state index contributed by atoms with van der Waals surface area (Å²) in [6.45, 7) is 4.31. The Bertz CT molecular complexity index is 1000. The standard InChI is InChI=1S/C19H19N3O4/c1-9-6-7-13(26-9)10(2)21-15-16(18(24)17(15)23)22-12-5-3-4-11-8-20-19(25)14(11)12/h3-5,7,9-10,21-22H,6,8H2,1-2H3,(H,20,25)/t9?,10-/m1/s1. The number of carbonyl (C=O) groups is 1. The van der Waals surface area contributed by atoms with E-state index in [1.54, 1.807) is 12.1 Å². The third-order valence-electron chi connectivity index (χ3n) is 4.76. The molecule has 2 aromatic carbocycles. The van der Waals surface area contributed by atoms with Gasteiger partial charge in [0.1, 0.15) is 17.1 Å². The molecular weight excluding hydrogens is 334 g/mol. The van der Waals surface area contributed by atoms with Crippen LogP contribution in [0.15, 0.2) is 39.6 Å². The molecule has 2 aliphatic heterocycles. The van der Waals surface area contributed by atoms with E-state index in [1.165, 1.54) is 0 Å². The molecule has 0 aromatic heterocycles. The van der Waals surface area contributed by atoms with Crippen LogP contribution in [0.4, 0.5) is 17.1 Å². The van der Waals surface area contributed by atoms with E-state index in [4.69, 9.17) is 4.74 Å². The largest absolute Gasteiger partial charge is 0.493 e. The molecule has 2 heterocycles. The molecule has 0 saturated heterocycles. The molecule has 1 amide bonds. The topological polar surface area (TPSA) is 96.5 Å². The lowest BCUT2D eigenvalue weighted by molar-refractivity contribution is 0.0966. The molecule has 0 spiro atoms. The van der Waals surface area contributed by atoms with Crippen LogP contribution in [0.5, 0.6) is 0 Å². The van der Waals surface area contributed by atoms with E-state index in [0.717, 1.165) is 17.7 Å². The highest BCUT2D eigenvalue weighted by Gasteiger charge is 2.28. The lowest BCUT2D eigenvalue weighted by Crippen LogP contribution is -2.39. The summed E-state index contributed by atoms with van der Waals surface area (Å²) < 4.78 is 5.69. The smallest absolute Gasteiger partial charge is 0.254 e. The fraction of sp³-hybridized carbons (Fsp3) is 0.316. The number of ether oxygens (including phenoxy) is 1. The summed E-state index contributed by atoms with van der Waals surface area (Å²) in [7, 11) is 0. The lowest BCUT2D eigenvalue weighted by atomic mass is 10.1. The molecule has 7 heteroatoms. The highest BCUT2D eigenvalue weighted by molar-refractivity contribution is 6.04. The van der Waals surface area contributed by atoms with Crippen molar-refractivity contribution >= 4 is 23.0 Å². The van der Waals surface area contributed by atoms with Gasteiger partial charge in [0.15, 0.2) is 0 Å². The number of hydrogen-bond donors (Lipinski definition) is 3. The molecule has 7 nitrogen and oxygen atoms in total. The zero-order chi connectivity index (χ0) is 18.4. The second kappa shape index (κ2) is 6.01. The van der Waals surface area contributed by atoms with Gasteiger partial charge in [-0.25, -0.2) is 0 Å². The Kier molecular flexibility index (Phi) is 3.79. The van der Waals surface area contributed by atoms with Crippen molar-refractivity contribution in [3.8, 4) is 0 Å². The third kappa shape index (κ3) is 2.56. The summed E-state index contributed by atoms with van der Waals surface area (Å²) in [6, 6.07) is 5.15. The SMILES string of the molecule is CC1CC=C([C@@H](C)Nc2c(Nc3cccc4c3C(=O)NC4)c(=O)c2=O)O1. The van der Waals surface area contributed by atoms with Crippen molar-refractivity contribution in [1.29, 1.82) is 0 Å². The first kappa shape index (κ1) is 16.4. The van der Waals surface area contributed by atoms with Gasteiger partial charge in [-0.1, -0.05) is 12.1 Å². The van der Waals surface area contributed by atoms with Crippen molar-refractivity contribution in [1.82, 2.24) is 5.32 Å². The van der Waals surface area contributed by atoms with Crippen LogP contribution in [0.3, 0.4) is 0 Å². The predicted octanol–water partition coefficient (Wildman–Crippen LogP) is 1.76. The molecule has 0 saturated carbocycles. The molecule has 26 heavy (non-hydrogen) atoms. The van der Waals surface area contributed by atoms with Crippen molar-refractivity contribution < 1.29 is 9.53 Å². The Morgan fingerprint density at radius 1 is 1.19 bits per heavy atom. The van der Waals surface area contributed by atoms with Gasteiger partial charge in [0.05, 0.1) is 23.4 Å². The Hall–Kier alpha value is -3.09. The number of benzene rings is 1. The fourth-order valence-electron chi connectivity index (χ4n) is 3.34. The van der Waals surface area contributed by atoms with Crippen molar-refractivity contribution in [3.05, 3.63) is 61.6 Å². The van der Waals surface area contributed by atoms with Crippen molar-refractivity contribution in [2.75, 3.05) is 10.6 Å². The molecule has 0 bridgehead atoms. The maximum atomic E-state index is 12.1. The lowest BCUT2D eigenvalue weighted by Gasteiger charge is -2.21. The van der Waals surface area contributed by atoms with E-state index in [9.17, 15) is 14.4 Å². The molecule has 2 aliphatic rings.